The van der Waals surface area contributed by atoms with Crippen LogP contribution in [0.1, 0.15) is 23.0 Å². The van der Waals surface area contributed by atoms with Gasteiger partial charge in [-0.05, 0) is 31.2 Å². The maximum atomic E-state index is 12.1. The van der Waals surface area contributed by atoms with Gasteiger partial charge in [0.25, 0.3) is 5.91 Å². The minimum atomic E-state index is -0.158. The van der Waals surface area contributed by atoms with Gasteiger partial charge in [0.1, 0.15) is 5.82 Å². The second kappa shape index (κ2) is 6.49. The maximum absolute atomic E-state index is 12.1. The Bertz CT molecular complexity index is 542. The van der Waals surface area contributed by atoms with Crippen LogP contribution in [-0.4, -0.2) is 22.4 Å². The Labute approximate surface area is 112 Å². The number of pyridine rings is 2. The van der Waals surface area contributed by atoms with Crippen molar-refractivity contribution in [2.24, 2.45) is 0 Å². The highest BCUT2D eigenvalue weighted by Crippen LogP contribution is 2.10. The topological polar surface area (TPSA) is 66.9 Å². The van der Waals surface area contributed by atoms with E-state index in [9.17, 15) is 4.79 Å². The Kier molecular flexibility index (Phi) is 4.44. The predicted molar refractivity (Wildman–Crippen MR) is 73.8 cm³/mol. The minimum absolute atomic E-state index is 0.158. The van der Waals surface area contributed by atoms with Crippen molar-refractivity contribution in [2.45, 2.75) is 13.5 Å². The van der Waals surface area contributed by atoms with E-state index in [1.165, 1.54) is 0 Å². The molecule has 0 fully saturated rings. The molecular formula is C14H16N4O. The molecule has 0 bridgehead atoms. The molecule has 0 saturated carbocycles. The first-order valence-corrected chi connectivity index (χ1v) is 6.18. The van der Waals surface area contributed by atoms with Crippen molar-refractivity contribution in [3.8, 4) is 0 Å². The molecule has 2 N–H and O–H groups in total. The lowest BCUT2D eigenvalue weighted by Crippen LogP contribution is -2.24. The number of aromatic nitrogens is 2. The molecule has 98 valence electrons. The van der Waals surface area contributed by atoms with Gasteiger partial charge in [-0.15, -0.1) is 0 Å². The fraction of sp³-hybridized carbons (Fsp3) is 0.214. The maximum Gasteiger partial charge on any atom is 0.255 e. The highest BCUT2D eigenvalue weighted by atomic mass is 16.1. The van der Waals surface area contributed by atoms with Crippen LogP contribution in [0.3, 0.4) is 0 Å². The molecule has 5 heteroatoms. The van der Waals surface area contributed by atoms with Crippen molar-refractivity contribution in [2.75, 3.05) is 11.9 Å². The number of hydrogen-bond acceptors (Lipinski definition) is 4. The fourth-order valence-corrected chi connectivity index (χ4v) is 1.67. The third-order valence-electron chi connectivity index (χ3n) is 2.55. The van der Waals surface area contributed by atoms with E-state index in [0.29, 0.717) is 17.9 Å². The van der Waals surface area contributed by atoms with Gasteiger partial charge >= 0.3 is 0 Å². The predicted octanol–water partition coefficient (Wildman–Crippen LogP) is 1.84. The summed E-state index contributed by atoms with van der Waals surface area (Å²) < 4.78 is 0. The number of carbonyl (C=O) groups excluding carboxylic acids is 1. The van der Waals surface area contributed by atoms with E-state index in [-0.39, 0.29) is 5.91 Å². The first kappa shape index (κ1) is 13.0. The van der Waals surface area contributed by atoms with Crippen LogP contribution in [0.15, 0.2) is 42.7 Å². The molecule has 1 amide bonds. The van der Waals surface area contributed by atoms with Crippen molar-refractivity contribution < 1.29 is 4.79 Å². The Morgan fingerprint density at radius 2 is 2.00 bits per heavy atom. The molecular weight excluding hydrogens is 240 g/mol. The molecule has 0 aliphatic rings. The Balaban J connectivity index is 2.04. The third-order valence-corrected chi connectivity index (χ3v) is 2.55. The molecule has 0 radical (unpaired) electrons. The summed E-state index contributed by atoms with van der Waals surface area (Å²) in [4.78, 5) is 20.4. The normalized spacial score (nSPS) is 9.95. The molecule has 2 rings (SSSR count). The molecule has 0 aliphatic heterocycles. The second-order valence-corrected chi connectivity index (χ2v) is 3.93. The Hall–Kier alpha value is -2.43. The Morgan fingerprint density at radius 1 is 1.16 bits per heavy atom. The van der Waals surface area contributed by atoms with Crippen LogP contribution >= 0.6 is 0 Å². The van der Waals surface area contributed by atoms with Crippen LogP contribution in [-0.2, 0) is 6.54 Å². The number of carbonyl (C=O) groups is 1. The van der Waals surface area contributed by atoms with Crippen LogP contribution < -0.4 is 10.6 Å². The molecule has 0 unspecified atom stereocenters. The summed E-state index contributed by atoms with van der Waals surface area (Å²) in [6, 6.07) is 9.10. The second-order valence-electron chi connectivity index (χ2n) is 3.93. The van der Waals surface area contributed by atoms with Gasteiger partial charge in [-0.2, -0.15) is 0 Å². The minimum Gasteiger partial charge on any atom is -0.370 e. The molecule has 2 aromatic heterocycles. The number of rotatable bonds is 5. The molecule has 0 aromatic carbocycles. The average Bonchev–Trinajstić information content (AvgIpc) is 2.47. The van der Waals surface area contributed by atoms with Crippen molar-refractivity contribution in [1.82, 2.24) is 15.3 Å². The molecule has 0 saturated heterocycles. The van der Waals surface area contributed by atoms with Gasteiger partial charge in [-0.25, -0.2) is 4.98 Å². The zero-order valence-electron chi connectivity index (χ0n) is 10.8. The molecule has 0 atom stereocenters. The van der Waals surface area contributed by atoms with Crippen molar-refractivity contribution in [1.29, 1.82) is 0 Å². The number of amides is 1. The number of nitrogens with zero attached hydrogens (tertiary/aromatic N) is 2. The SMILES string of the molecule is CCNc1ncccc1C(=O)NCc1ccccn1. The first-order valence-electron chi connectivity index (χ1n) is 6.18. The number of nitrogens with one attached hydrogen (secondary N) is 2. The first-order chi connectivity index (χ1) is 9.31. The molecule has 2 aromatic rings. The standard InChI is InChI=1S/C14H16N4O/c1-2-15-13-12(7-5-9-17-13)14(19)18-10-11-6-3-4-8-16-11/h3-9H,2,10H2,1H3,(H,15,17)(H,18,19). The molecule has 19 heavy (non-hydrogen) atoms. The van der Waals surface area contributed by atoms with E-state index in [2.05, 4.69) is 20.6 Å². The van der Waals surface area contributed by atoms with E-state index in [0.717, 1.165) is 12.2 Å². The van der Waals surface area contributed by atoms with E-state index in [1.807, 2.05) is 25.1 Å². The number of anilines is 1. The summed E-state index contributed by atoms with van der Waals surface area (Å²) in [6.45, 7) is 3.09. The highest BCUT2D eigenvalue weighted by Gasteiger charge is 2.11. The summed E-state index contributed by atoms with van der Waals surface area (Å²) >= 11 is 0. The van der Waals surface area contributed by atoms with Gasteiger partial charge in [0, 0.05) is 18.9 Å². The van der Waals surface area contributed by atoms with Gasteiger partial charge in [0.2, 0.25) is 0 Å². The van der Waals surface area contributed by atoms with E-state index in [1.54, 1.807) is 24.5 Å². The lowest BCUT2D eigenvalue weighted by Gasteiger charge is -2.09. The lowest BCUT2D eigenvalue weighted by molar-refractivity contribution is 0.0951. The van der Waals surface area contributed by atoms with E-state index in [4.69, 9.17) is 0 Å². The van der Waals surface area contributed by atoms with Crippen molar-refractivity contribution in [3.05, 3.63) is 54.0 Å². The summed E-state index contributed by atoms with van der Waals surface area (Å²) in [6.07, 6.45) is 3.36. The van der Waals surface area contributed by atoms with Gasteiger partial charge in [0.15, 0.2) is 0 Å². The highest BCUT2D eigenvalue weighted by molar-refractivity contribution is 5.98. The quantitative estimate of drug-likeness (QED) is 0.856. The van der Waals surface area contributed by atoms with Crippen LogP contribution in [0.25, 0.3) is 0 Å². The van der Waals surface area contributed by atoms with Crippen molar-refractivity contribution in [3.63, 3.8) is 0 Å². The van der Waals surface area contributed by atoms with Crippen LogP contribution in [0.5, 0.6) is 0 Å². The third kappa shape index (κ3) is 3.51. The molecule has 2 heterocycles. The van der Waals surface area contributed by atoms with Gasteiger partial charge in [-0.3, -0.25) is 9.78 Å². The van der Waals surface area contributed by atoms with E-state index < -0.39 is 0 Å². The molecule has 0 aliphatic carbocycles. The smallest absolute Gasteiger partial charge is 0.255 e. The summed E-state index contributed by atoms with van der Waals surface area (Å²) in [5.41, 5.74) is 1.37. The summed E-state index contributed by atoms with van der Waals surface area (Å²) in [5.74, 6) is 0.443. The zero-order valence-corrected chi connectivity index (χ0v) is 10.8. The van der Waals surface area contributed by atoms with Crippen LogP contribution in [0.4, 0.5) is 5.82 Å². The van der Waals surface area contributed by atoms with Gasteiger partial charge in [-0.1, -0.05) is 6.07 Å². The molecule has 5 nitrogen and oxygen atoms in total. The fourth-order valence-electron chi connectivity index (χ4n) is 1.67. The summed E-state index contributed by atoms with van der Waals surface area (Å²) in [7, 11) is 0. The van der Waals surface area contributed by atoms with Gasteiger partial charge < -0.3 is 10.6 Å². The average molecular weight is 256 g/mol. The zero-order chi connectivity index (χ0) is 13.5. The number of hydrogen-bond donors (Lipinski definition) is 2. The largest absolute Gasteiger partial charge is 0.370 e. The Morgan fingerprint density at radius 3 is 2.74 bits per heavy atom. The lowest BCUT2D eigenvalue weighted by atomic mass is 10.2. The molecule has 0 spiro atoms. The van der Waals surface area contributed by atoms with Crippen molar-refractivity contribution >= 4 is 11.7 Å². The van der Waals surface area contributed by atoms with Gasteiger partial charge in [0.05, 0.1) is 17.8 Å². The van der Waals surface area contributed by atoms with E-state index >= 15 is 0 Å². The van der Waals surface area contributed by atoms with Crippen LogP contribution in [0, 0.1) is 0 Å². The van der Waals surface area contributed by atoms with Crippen LogP contribution in [0.2, 0.25) is 0 Å². The monoisotopic (exact) mass is 256 g/mol. The summed E-state index contributed by atoms with van der Waals surface area (Å²) in [5, 5.41) is 5.90.